The number of nitrogens with zero attached hydrogens (tertiary/aromatic N) is 2. The number of methoxy groups -OCH3 is 1. The number of ether oxygens (including phenoxy) is 1. The maximum Gasteiger partial charge on any atom is 0.311 e. The molecule has 0 bridgehead atoms. The fourth-order valence-corrected chi connectivity index (χ4v) is 2.12. The lowest BCUT2D eigenvalue weighted by Gasteiger charge is -2.12. The Labute approximate surface area is 160 Å². The zero-order chi connectivity index (χ0) is 20.7. The van der Waals surface area contributed by atoms with Crippen LogP contribution in [0.25, 0.3) is 0 Å². The van der Waals surface area contributed by atoms with Gasteiger partial charge < -0.3 is 15.2 Å². The van der Waals surface area contributed by atoms with E-state index in [2.05, 4.69) is 15.8 Å². The molecule has 2 rings (SSSR count). The number of nitro groups is 1. The van der Waals surface area contributed by atoms with Crippen molar-refractivity contribution in [2.75, 3.05) is 7.11 Å². The Morgan fingerprint density at radius 2 is 1.93 bits per heavy atom. The van der Waals surface area contributed by atoms with Gasteiger partial charge in [-0.3, -0.25) is 19.7 Å². The third kappa shape index (κ3) is 5.27. The van der Waals surface area contributed by atoms with E-state index in [1.807, 2.05) is 0 Å². The van der Waals surface area contributed by atoms with Crippen LogP contribution in [-0.2, 0) is 4.79 Å². The maximum absolute atomic E-state index is 12.1. The highest BCUT2D eigenvalue weighted by Gasteiger charge is 2.16. The average Bonchev–Trinajstić information content (AvgIpc) is 2.68. The summed E-state index contributed by atoms with van der Waals surface area (Å²) >= 11 is 0. The molecule has 0 heterocycles. The van der Waals surface area contributed by atoms with Crippen LogP contribution >= 0.6 is 0 Å². The van der Waals surface area contributed by atoms with E-state index in [1.165, 1.54) is 26.3 Å². The Hall–Kier alpha value is -3.95. The number of nitrogens with one attached hydrogen (secondary N) is 2. The van der Waals surface area contributed by atoms with Crippen LogP contribution in [0.2, 0.25) is 0 Å². The second kappa shape index (κ2) is 9.12. The highest BCUT2D eigenvalue weighted by Crippen LogP contribution is 2.25. The molecule has 0 aromatic heterocycles. The monoisotopic (exact) mass is 386 g/mol. The van der Waals surface area contributed by atoms with Gasteiger partial charge in [0.15, 0.2) is 5.75 Å². The van der Waals surface area contributed by atoms with Gasteiger partial charge in [-0.2, -0.15) is 5.10 Å². The van der Waals surface area contributed by atoms with Crippen LogP contribution in [0.4, 0.5) is 5.69 Å². The minimum atomic E-state index is -0.874. The highest BCUT2D eigenvalue weighted by molar-refractivity contribution is 5.97. The Morgan fingerprint density at radius 3 is 2.54 bits per heavy atom. The van der Waals surface area contributed by atoms with Crippen molar-refractivity contribution in [3.8, 4) is 11.5 Å². The Morgan fingerprint density at radius 1 is 1.25 bits per heavy atom. The third-order valence-corrected chi connectivity index (χ3v) is 3.68. The van der Waals surface area contributed by atoms with Gasteiger partial charge in [-0.15, -0.1) is 0 Å². The van der Waals surface area contributed by atoms with Crippen LogP contribution in [-0.4, -0.2) is 41.2 Å². The molecule has 1 unspecified atom stereocenters. The Bertz CT molecular complexity index is 911. The molecular formula is C18H18N4O6. The summed E-state index contributed by atoms with van der Waals surface area (Å²) in [4.78, 5) is 34.2. The third-order valence-electron chi connectivity index (χ3n) is 3.68. The van der Waals surface area contributed by atoms with Crippen LogP contribution < -0.4 is 15.5 Å². The van der Waals surface area contributed by atoms with Gasteiger partial charge in [-0.25, -0.2) is 5.43 Å². The first-order valence-electron chi connectivity index (χ1n) is 8.07. The summed E-state index contributed by atoms with van der Waals surface area (Å²) in [5.41, 5.74) is 2.42. The number of rotatable bonds is 7. The number of carbonyl (C=O) groups excluding carboxylic acids is 2. The van der Waals surface area contributed by atoms with Crippen LogP contribution in [0, 0.1) is 10.1 Å². The minimum Gasteiger partial charge on any atom is -0.502 e. The molecule has 10 nitrogen and oxygen atoms in total. The van der Waals surface area contributed by atoms with E-state index < -0.39 is 34.2 Å². The first-order chi connectivity index (χ1) is 13.3. The number of carbonyl (C=O) groups is 2. The van der Waals surface area contributed by atoms with E-state index >= 15 is 0 Å². The van der Waals surface area contributed by atoms with Crippen molar-refractivity contribution in [1.82, 2.24) is 10.7 Å². The summed E-state index contributed by atoms with van der Waals surface area (Å²) in [6.45, 7) is 1.48. The molecule has 0 aliphatic rings. The summed E-state index contributed by atoms with van der Waals surface area (Å²) in [6, 6.07) is 9.16. The smallest absolute Gasteiger partial charge is 0.311 e. The molecule has 0 aliphatic heterocycles. The molecule has 0 aliphatic carbocycles. The molecule has 0 saturated heterocycles. The molecule has 28 heavy (non-hydrogen) atoms. The van der Waals surface area contributed by atoms with Gasteiger partial charge in [0.05, 0.1) is 18.2 Å². The molecule has 2 aromatic carbocycles. The van der Waals surface area contributed by atoms with Gasteiger partial charge in [-0.05, 0) is 43.3 Å². The SMILES string of the molecule is COc1ccc(C(=O)NC(C)C(=O)NN=Cc2ccc(O)c([N+](=O)[O-])c2)cc1. The van der Waals surface area contributed by atoms with Crippen molar-refractivity contribution in [2.24, 2.45) is 5.10 Å². The van der Waals surface area contributed by atoms with Crippen LogP contribution in [0.15, 0.2) is 47.6 Å². The molecule has 1 atom stereocenters. The summed E-state index contributed by atoms with van der Waals surface area (Å²) in [6.07, 6.45) is 1.18. The summed E-state index contributed by atoms with van der Waals surface area (Å²) < 4.78 is 5.01. The largest absolute Gasteiger partial charge is 0.502 e. The first-order valence-corrected chi connectivity index (χ1v) is 8.07. The molecule has 3 N–H and O–H groups in total. The van der Waals surface area contributed by atoms with Crippen molar-refractivity contribution in [1.29, 1.82) is 0 Å². The normalized spacial score (nSPS) is 11.6. The van der Waals surface area contributed by atoms with E-state index in [-0.39, 0.29) is 0 Å². The number of amides is 2. The zero-order valence-corrected chi connectivity index (χ0v) is 15.1. The fourth-order valence-electron chi connectivity index (χ4n) is 2.12. The van der Waals surface area contributed by atoms with E-state index in [0.717, 1.165) is 12.1 Å². The number of hydrogen-bond acceptors (Lipinski definition) is 7. The molecule has 146 valence electrons. The Balaban J connectivity index is 1.93. The number of nitro benzene ring substituents is 1. The van der Waals surface area contributed by atoms with Gasteiger partial charge in [0.25, 0.3) is 11.8 Å². The van der Waals surface area contributed by atoms with Gasteiger partial charge in [-0.1, -0.05) is 0 Å². The number of aromatic hydroxyl groups is 1. The van der Waals surface area contributed by atoms with Crippen LogP contribution in [0.3, 0.4) is 0 Å². The minimum absolute atomic E-state index is 0.305. The van der Waals surface area contributed by atoms with Gasteiger partial charge in [0.1, 0.15) is 11.8 Å². The van der Waals surface area contributed by atoms with Crippen molar-refractivity contribution < 1.29 is 24.4 Å². The van der Waals surface area contributed by atoms with E-state index in [0.29, 0.717) is 16.9 Å². The molecular weight excluding hydrogens is 368 g/mol. The van der Waals surface area contributed by atoms with Gasteiger partial charge in [0, 0.05) is 17.2 Å². The standard InChI is InChI=1S/C18H18N4O6/c1-11(20-18(25)13-4-6-14(28-2)7-5-13)17(24)21-19-10-12-3-8-16(23)15(9-12)22(26)27/h3-11,23H,1-2H3,(H,20,25)(H,21,24). The second-order valence-corrected chi connectivity index (χ2v) is 5.66. The predicted molar refractivity (Wildman–Crippen MR) is 100 cm³/mol. The molecule has 2 amide bonds. The lowest BCUT2D eigenvalue weighted by atomic mass is 10.2. The molecule has 2 aromatic rings. The predicted octanol–water partition coefficient (Wildman–Crippen LogP) is 1.58. The zero-order valence-electron chi connectivity index (χ0n) is 15.1. The van der Waals surface area contributed by atoms with E-state index in [9.17, 15) is 24.8 Å². The number of hydrazone groups is 1. The quantitative estimate of drug-likeness (QED) is 0.374. The lowest BCUT2D eigenvalue weighted by molar-refractivity contribution is -0.385. The summed E-state index contributed by atoms with van der Waals surface area (Å²) in [7, 11) is 1.51. The van der Waals surface area contributed by atoms with Crippen molar-refractivity contribution in [3.05, 3.63) is 63.7 Å². The number of phenolic OH excluding ortho intramolecular Hbond substituents is 1. The second-order valence-electron chi connectivity index (χ2n) is 5.66. The molecule has 0 fully saturated rings. The maximum atomic E-state index is 12.1. The van der Waals surface area contributed by atoms with Crippen LogP contribution in [0.1, 0.15) is 22.8 Å². The van der Waals surface area contributed by atoms with Crippen molar-refractivity contribution in [2.45, 2.75) is 13.0 Å². The lowest BCUT2D eigenvalue weighted by Crippen LogP contribution is -2.43. The van der Waals surface area contributed by atoms with Crippen molar-refractivity contribution in [3.63, 3.8) is 0 Å². The summed E-state index contributed by atoms with van der Waals surface area (Å²) in [5, 5.41) is 26.4. The van der Waals surface area contributed by atoms with Crippen LogP contribution in [0.5, 0.6) is 11.5 Å². The van der Waals surface area contributed by atoms with E-state index in [4.69, 9.17) is 4.74 Å². The fraction of sp³-hybridized carbons (Fsp3) is 0.167. The number of hydrogen-bond donors (Lipinski definition) is 3. The molecule has 0 spiro atoms. The summed E-state index contributed by atoms with van der Waals surface area (Å²) in [5.74, 6) is -0.887. The Kier molecular flexibility index (Phi) is 6.63. The van der Waals surface area contributed by atoms with Gasteiger partial charge in [0.2, 0.25) is 0 Å². The van der Waals surface area contributed by atoms with Crippen molar-refractivity contribution >= 4 is 23.7 Å². The molecule has 0 saturated carbocycles. The molecule has 10 heteroatoms. The first kappa shape index (κ1) is 20.4. The number of phenols is 1. The molecule has 0 radical (unpaired) electrons. The number of benzene rings is 2. The average molecular weight is 386 g/mol. The topological polar surface area (TPSA) is 143 Å². The van der Waals surface area contributed by atoms with Gasteiger partial charge >= 0.3 is 5.69 Å². The highest BCUT2D eigenvalue weighted by atomic mass is 16.6. The van der Waals surface area contributed by atoms with E-state index in [1.54, 1.807) is 24.3 Å².